The zero-order valence-corrected chi connectivity index (χ0v) is 16.1. The van der Waals surface area contributed by atoms with Crippen LogP contribution in [0.5, 0.6) is 0 Å². The predicted octanol–water partition coefficient (Wildman–Crippen LogP) is 3.48. The monoisotopic (exact) mass is 339 g/mol. The number of nitrogens with zero attached hydrogens (tertiary/aromatic N) is 5. The Bertz CT molecular complexity index is 795. The molecule has 25 heavy (non-hydrogen) atoms. The summed E-state index contributed by atoms with van der Waals surface area (Å²) in [6, 6.07) is 0. The van der Waals surface area contributed by atoms with E-state index in [0.717, 1.165) is 37.6 Å². The summed E-state index contributed by atoms with van der Waals surface area (Å²) in [6.07, 6.45) is 5.63. The number of hydrogen-bond donors (Lipinski definition) is 0. The van der Waals surface area contributed by atoms with Crippen LogP contribution in [0.3, 0.4) is 0 Å². The summed E-state index contributed by atoms with van der Waals surface area (Å²) in [5.41, 5.74) is 6.40. The van der Waals surface area contributed by atoms with Gasteiger partial charge < -0.3 is 0 Å². The molecule has 2 aliphatic rings. The van der Waals surface area contributed by atoms with E-state index in [0.29, 0.717) is 5.92 Å². The van der Waals surface area contributed by atoms with Gasteiger partial charge in [-0.1, -0.05) is 0 Å². The average molecular weight is 339 g/mol. The van der Waals surface area contributed by atoms with Gasteiger partial charge in [0.05, 0.1) is 11.2 Å². The van der Waals surface area contributed by atoms with Crippen LogP contribution in [0.2, 0.25) is 0 Å². The Morgan fingerprint density at radius 2 is 1.96 bits per heavy atom. The fourth-order valence-electron chi connectivity index (χ4n) is 3.84. The van der Waals surface area contributed by atoms with E-state index in [1.54, 1.807) is 0 Å². The van der Waals surface area contributed by atoms with Crippen molar-refractivity contribution < 1.29 is 0 Å². The molecule has 5 heteroatoms. The van der Waals surface area contributed by atoms with Crippen molar-refractivity contribution >= 4 is 0 Å². The Labute approximate surface area is 150 Å². The third kappa shape index (κ3) is 3.22. The number of aromatic nitrogens is 4. The van der Waals surface area contributed by atoms with E-state index in [2.05, 4.69) is 55.4 Å². The highest BCUT2D eigenvalue weighted by molar-refractivity contribution is 5.27. The van der Waals surface area contributed by atoms with Crippen LogP contribution in [-0.4, -0.2) is 31.2 Å². The summed E-state index contributed by atoms with van der Waals surface area (Å²) >= 11 is 0. The van der Waals surface area contributed by atoms with Crippen molar-refractivity contribution in [2.75, 3.05) is 6.54 Å². The van der Waals surface area contributed by atoms with Gasteiger partial charge >= 0.3 is 0 Å². The molecule has 5 nitrogen and oxygen atoms in total. The second-order valence-corrected chi connectivity index (χ2v) is 8.67. The van der Waals surface area contributed by atoms with Gasteiger partial charge in [-0.15, -0.1) is 0 Å². The van der Waals surface area contributed by atoms with E-state index >= 15 is 0 Å². The zero-order valence-electron chi connectivity index (χ0n) is 16.1. The Kier molecular flexibility index (Phi) is 3.95. The van der Waals surface area contributed by atoms with Gasteiger partial charge in [-0.25, -0.2) is 9.97 Å². The first kappa shape index (κ1) is 16.7. The number of hydrogen-bond acceptors (Lipinski definition) is 4. The lowest BCUT2D eigenvalue weighted by Gasteiger charge is -2.28. The Morgan fingerprint density at radius 3 is 2.60 bits per heavy atom. The van der Waals surface area contributed by atoms with E-state index < -0.39 is 0 Å². The van der Waals surface area contributed by atoms with Gasteiger partial charge in [0.15, 0.2) is 0 Å². The maximum Gasteiger partial charge on any atom is 0.131 e. The third-order valence-corrected chi connectivity index (χ3v) is 5.43. The molecule has 0 atom stereocenters. The molecule has 0 bridgehead atoms. The third-order valence-electron chi connectivity index (χ3n) is 5.43. The van der Waals surface area contributed by atoms with Crippen molar-refractivity contribution in [2.24, 2.45) is 0 Å². The van der Waals surface area contributed by atoms with E-state index in [1.807, 2.05) is 0 Å². The number of aryl methyl sites for hydroxylation is 1. The molecule has 1 saturated carbocycles. The highest BCUT2D eigenvalue weighted by atomic mass is 15.3. The summed E-state index contributed by atoms with van der Waals surface area (Å²) in [5, 5.41) is 4.79. The summed E-state index contributed by atoms with van der Waals surface area (Å²) in [5.74, 6) is 1.71. The highest BCUT2D eigenvalue weighted by Crippen LogP contribution is 2.38. The highest BCUT2D eigenvalue weighted by Gasteiger charge is 2.29. The van der Waals surface area contributed by atoms with Crippen molar-refractivity contribution in [1.29, 1.82) is 0 Å². The molecular weight excluding hydrogens is 310 g/mol. The molecule has 0 spiro atoms. The average Bonchev–Trinajstić information content (AvgIpc) is 3.36. The van der Waals surface area contributed by atoms with Gasteiger partial charge in [0, 0.05) is 60.7 Å². The van der Waals surface area contributed by atoms with Gasteiger partial charge in [-0.3, -0.25) is 9.58 Å². The zero-order chi connectivity index (χ0) is 17.8. The van der Waals surface area contributed by atoms with Crippen molar-refractivity contribution in [1.82, 2.24) is 24.6 Å². The molecule has 0 aromatic carbocycles. The topological polar surface area (TPSA) is 46.8 Å². The fraction of sp³-hybridized carbons (Fsp3) is 0.650. The molecule has 0 radical (unpaired) electrons. The molecule has 0 N–H and O–H groups in total. The summed E-state index contributed by atoms with van der Waals surface area (Å²) in [7, 11) is 0. The van der Waals surface area contributed by atoms with Crippen LogP contribution < -0.4 is 0 Å². The molecule has 3 heterocycles. The summed E-state index contributed by atoms with van der Waals surface area (Å²) in [4.78, 5) is 12.0. The molecule has 0 saturated heterocycles. The second-order valence-electron chi connectivity index (χ2n) is 8.67. The quantitative estimate of drug-likeness (QED) is 0.859. The lowest BCUT2D eigenvalue weighted by Crippen LogP contribution is -2.31. The van der Waals surface area contributed by atoms with Gasteiger partial charge in [-0.2, -0.15) is 5.10 Å². The minimum atomic E-state index is 0.0225. The van der Waals surface area contributed by atoms with Crippen molar-refractivity contribution in [3.05, 3.63) is 40.2 Å². The summed E-state index contributed by atoms with van der Waals surface area (Å²) < 4.78 is 2.17. The van der Waals surface area contributed by atoms with Gasteiger partial charge in [0.25, 0.3) is 0 Å². The van der Waals surface area contributed by atoms with Crippen LogP contribution >= 0.6 is 0 Å². The van der Waals surface area contributed by atoms with Crippen molar-refractivity contribution in [2.45, 2.75) is 78.4 Å². The maximum absolute atomic E-state index is 4.83. The first-order chi connectivity index (χ1) is 11.8. The van der Waals surface area contributed by atoms with Crippen LogP contribution in [0.4, 0.5) is 0 Å². The molecule has 2 aromatic rings. The standard InChI is InChI=1S/C20H29N5/c1-13-17(14(2)25(23-13)20(3,4)5)12-24-9-8-18-16(11-24)10-21-19(22-18)15-6-7-15/h10,15H,6-9,11-12H2,1-5H3. The van der Waals surface area contributed by atoms with Crippen molar-refractivity contribution in [3.63, 3.8) is 0 Å². The van der Waals surface area contributed by atoms with Crippen LogP contribution in [0, 0.1) is 13.8 Å². The van der Waals surface area contributed by atoms with Gasteiger partial charge in [-0.05, 0) is 47.5 Å². The fourth-order valence-corrected chi connectivity index (χ4v) is 3.84. The molecule has 0 amide bonds. The lowest BCUT2D eigenvalue weighted by molar-refractivity contribution is 0.241. The minimum Gasteiger partial charge on any atom is -0.294 e. The maximum atomic E-state index is 4.83. The molecule has 1 fully saturated rings. The molecule has 2 aromatic heterocycles. The SMILES string of the molecule is Cc1nn(C(C)(C)C)c(C)c1CN1CCc2nc(C3CC3)ncc2C1. The molecular formula is C20H29N5. The Morgan fingerprint density at radius 1 is 1.20 bits per heavy atom. The summed E-state index contributed by atoms with van der Waals surface area (Å²) in [6.45, 7) is 13.9. The number of rotatable bonds is 3. The smallest absolute Gasteiger partial charge is 0.131 e. The minimum absolute atomic E-state index is 0.0225. The van der Waals surface area contributed by atoms with E-state index in [1.165, 1.54) is 35.4 Å². The molecule has 134 valence electrons. The molecule has 4 rings (SSSR count). The second kappa shape index (κ2) is 5.90. The first-order valence-corrected chi connectivity index (χ1v) is 9.45. The molecule has 0 unspecified atom stereocenters. The Balaban J connectivity index is 1.52. The molecule has 1 aliphatic heterocycles. The van der Waals surface area contributed by atoms with Gasteiger partial charge in [0.2, 0.25) is 0 Å². The van der Waals surface area contributed by atoms with E-state index in [9.17, 15) is 0 Å². The lowest BCUT2D eigenvalue weighted by atomic mass is 10.0. The largest absolute Gasteiger partial charge is 0.294 e. The van der Waals surface area contributed by atoms with Crippen molar-refractivity contribution in [3.8, 4) is 0 Å². The molecule has 1 aliphatic carbocycles. The van der Waals surface area contributed by atoms with Crippen LogP contribution in [0.1, 0.15) is 73.6 Å². The van der Waals surface area contributed by atoms with E-state index in [-0.39, 0.29) is 5.54 Å². The number of fused-ring (bicyclic) bond motifs is 1. The van der Waals surface area contributed by atoms with Crippen LogP contribution in [0.25, 0.3) is 0 Å². The van der Waals surface area contributed by atoms with Crippen LogP contribution in [-0.2, 0) is 25.0 Å². The first-order valence-electron chi connectivity index (χ1n) is 9.45. The van der Waals surface area contributed by atoms with E-state index in [4.69, 9.17) is 10.1 Å². The predicted molar refractivity (Wildman–Crippen MR) is 98.5 cm³/mol. The van der Waals surface area contributed by atoms with Gasteiger partial charge in [0.1, 0.15) is 5.82 Å². The van der Waals surface area contributed by atoms with Crippen LogP contribution in [0.15, 0.2) is 6.20 Å². The Hall–Kier alpha value is -1.75. The normalized spacial score (nSPS) is 18.4.